The summed E-state index contributed by atoms with van der Waals surface area (Å²) in [6.07, 6.45) is 0. The average molecular weight is 289 g/mol. The third kappa shape index (κ3) is 2.07. The molecule has 3 N–H and O–H groups in total. The molecule has 0 amide bonds. The number of hydrogen-bond donors (Lipinski definition) is 2. The van der Waals surface area contributed by atoms with Gasteiger partial charge in [-0.1, -0.05) is 0 Å². The maximum atomic E-state index is 5.55. The quantitative estimate of drug-likeness (QED) is 0.673. The first kappa shape index (κ1) is 10.3. The lowest BCUT2D eigenvalue weighted by Gasteiger charge is -2.12. The molecule has 2 rings (SSSR count). The lowest BCUT2D eigenvalue weighted by Crippen LogP contribution is -2.28. The molecule has 2 heterocycles. The summed E-state index contributed by atoms with van der Waals surface area (Å²) in [5.74, 6) is 5.55. The van der Waals surface area contributed by atoms with E-state index in [4.69, 9.17) is 5.84 Å². The summed E-state index contributed by atoms with van der Waals surface area (Å²) < 4.78 is 1.13. The average Bonchev–Trinajstić information content (AvgIpc) is 2.79. The predicted molar refractivity (Wildman–Crippen MR) is 65.5 cm³/mol. The fraction of sp³-hybridized carbons (Fsp3) is 0.111. The van der Waals surface area contributed by atoms with Crippen LogP contribution in [-0.4, -0.2) is 0 Å². The Morgan fingerprint density at radius 1 is 1.36 bits per heavy atom. The van der Waals surface area contributed by atoms with E-state index in [-0.39, 0.29) is 6.04 Å². The highest BCUT2D eigenvalue weighted by molar-refractivity contribution is 9.11. The van der Waals surface area contributed by atoms with Gasteiger partial charge in [0, 0.05) is 0 Å². The minimum atomic E-state index is 0.101. The lowest BCUT2D eigenvalue weighted by atomic mass is 10.1. The van der Waals surface area contributed by atoms with Crippen molar-refractivity contribution in [1.82, 2.24) is 5.43 Å². The second kappa shape index (κ2) is 4.55. The molecule has 0 saturated carbocycles. The van der Waals surface area contributed by atoms with Crippen molar-refractivity contribution < 1.29 is 0 Å². The van der Waals surface area contributed by atoms with Gasteiger partial charge in [0.05, 0.1) is 9.83 Å². The van der Waals surface area contributed by atoms with E-state index in [9.17, 15) is 0 Å². The number of nitrogens with one attached hydrogen (secondary N) is 1. The van der Waals surface area contributed by atoms with E-state index < -0.39 is 0 Å². The van der Waals surface area contributed by atoms with E-state index in [1.807, 2.05) is 0 Å². The van der Waals surface area contributed by atoms with E-state index in [2.05, 4.69) is 49.6 Å². The van der Waals surface area contributed by atoms with Gasteiger partial charge in [0.1, 0.15) is 0 Å². The van der Waals surface area contributed by atoms with Crippen LogP contribution in [0.2, 0.25) is 0 Å². The van der Waals surface area contributed by atoms with Crippen molar-refractivity contribution in [2.24, 2.45) is 5.84 Å². The van der Waals surface area contributed by atoms with Crippen molar-refractivity contribution in [3.8, 4) is 0 Å². The Labute approximate surface area is 98.9 Å². The van der Waals surface area contributed by atoms with Crippen molar-refractivity contribution in [1.29, 1.82) is 0 Å². The molecule has 0 aliphatic rings. The summed E-state index contributed by atoms with van der Waals surface area (Å²) >= 11 is 6.80. The molecule has 1 atom stereocenters. The van der Waals surface area contributed by atoms with Crippen LogP contribution in [0.1, 0.15) is 17.2 Å². The first-order chi connectivity index (χ1) is 6.81. The topological polar surface area (TPSA) is 38.0 Å². The van der Waals surface area contributed by atoms with Gasteiger partial charge in [0.25, 0.3) is 0 Å². The summed E-state index contributed by atoms with van der Waals surface area (Å²) in [6.45, 7) is 0. The maximum absolute atomic E-state index is 5.55. The minimum Gasteiger partial charge on any atom is -0.271 e. The SMILES string of the molecule is NNC(c1ccsc1)c1csc(Br)c1. The molecule has 0 aromatic carbocycles. The second-order valence-electron chi connectivity index (χ2n) is 2.84. The zero-order valence-electron chi connectivity index (χ0n) is 7.24. The van der Waals surface area contributed by atoms with Crippen LogP contribution in [0.25, 0.3) is 0 Å². The molecule has 0 fully saturated rings. The van der Waals surface area contributed by atoms with E-state index in [1.54, 1.807) is 22.7 Å². The van der Waals surface area contributed by atoms with Gasteiger partial charge in [-0.15, -0.1) is 11.3 Å². The molecule has 14 heavy (non-hydrogen) atoms. The molecule has 0 bridgehead atoms. The molecular formula is C9H9BrN2S2. The molecule has 2 nitrogen and oxygen atoms in total. The van der Waals surface area contributed by atoms with Gasteiger partial charge in [0.2, 0.25) is 0 Å². The molecule has 5 heteroatoms. The fourth-order valence-corrected chi connectivity index (χ4v) is 3.19. The number of nitrogens with two attached hydrogens (primary N) is 1. The van der Waals surface area contributed by atoms with Gasteiger partial charge >= 0.3 is 0 Å². The summed E-state index contributed by atoms with van der Waals surface area (Å²) in [4.78, 5) is 0. The van der Waals surface area contributed by atoms with Gasteiger partial charge in [-0.2, -0.15) is 11.3 Å². The van der Waals surface area contributed by atoms with Gasteiger partial charge < -0.3 is 0 Å². The summed E-state index contributed by atoms with van der Waals surface area (Å²) in [5.41, 5.74) is 5.23. The predicted octanol–water partition coefficient (Wildman–Crippen LogP) is 3.12. The van der Waals surface area contributed by atoms with Crippen molar-refractivity contribution >= 4 is 38.6 Å². The zero-order chi connectivity index (χ0) is 9.97. The summed E-state index contributed by atoms with van der Waals surface area (Å²) in [6, 6.07) is 4.27. The molecule has 0 radical (unpaired) electrons. The molecule has 74 valence electrons. The van der Waals surface area contributed by atoms with Crippen LogP contribution in [0.15, 0.2) is 32.1 Å². The van der Waals surface area contributed by atoms with Crippen LogP contribution in [0.4, 0.5) is 0 Å². The Bertz CT molecular complexity index is 397. The van der Waals surface area contributed by atoms with Gasteiger partial charge in [-0.25, -0.2) is 5.43 Å². The lowest BCUT2D eigenvalue weighted by molar-refractivity contribution is 0.640. The standard InChI is InChI=1S/C9H9BrN2S2/c10-8-3-7(5-14-8)9(12-11)6-1-2-13-4-6/h1-5,9,12H,11H2. The van der Waals surface area contributed by atoms with Crippen molar-refractivity contribution in [2.75, 3.05) is 0 Å². The number of thiophene rings is 2. The Balaban J connectivity index is 2.31. The first-order valence-electron chi connectivity index (χ1n) is 4.03. The van der Waals surface area contributed by atoms with E-state index >= 15 is 0 Å². The molecule has 2 aromatic rings. The van der Waals surface area contributed by atoms with Crippen molar-refractivity contribution in [3.63, 3.8) is 0 Å². The normalized spacial score (nSPS) is 13.0. The number of hydrazine groups is 1. The molecule has 0 aliphatic carbocycles. The van der Waals surface area contributed by atoms with E-state index in [0.717, 1.165) is 3.79 Å². The molecule has 1 unspecified atom stereocenters. The van der Waals surface area contributed by atoms with Crippen LogP contribution < -0.4 is 11.3 Å². The Morgan fingerprint density at radius 2 is 2.21 bits per heavy atom. The molecular weight excluding hydrogens is 280 g/mol. The third-order valence-corrected chi connectivity index (χ3v) is 4.19. The van der Waals surface area contributed by atoms with Crippen LogP contribution in [-0.2, 0) is 0 Å². The minimum absolute atomic E-state index is 0.101. The highest BCUT2D eigenvalue weighted by Crippen LogP contribution is 2.29. The van der Waals surface area contributed by atoms with Crippen LogP contribution in [0.3, 0.4) is 0 Å². The van der Waals surface area contributed by atoms with Crippen LogP contribution in [0.5, 0.6) is 0 Å². The summed E-state index contributed by atoms with van der Waals surface area (Å²) in [7, 11) is 0. The Morgan fingerprint density at radius 3 is 2.71 bits per heavy atom. The van der Waals surface area contributed by atoms with Gasteiger partial charge in [0.15, 0.2) is 0 Å². The number of halogens is 1. The van der Waals surface area contributed by atoms with E-state index in [0.29, 0.717) is 0 Å². The molecule has 0 saturated heterocycles. The van der Waals surface area contributed by atoms with Crippen molar-refractivity contribution in [3.05, 3.63) is 43.2 Å². The monoisotopic (exact) mass is 288 g/mol. The molecule has 0 spiro atoms. The molecule has 0 aliphatic heterocycles. The highest BCUT2D eigenvalue weighted by Gasteiger charge is 2.13. The first-order valence-corrected chi connectivity index (χ1v) is 6.65. The second-order valence-corrected chi connectivity index (χ2v) is 5.91. The summed E-state index contributed by atoms with van der Waals surface area (Å²) in [5, 5.41) is 6.27. The Hall–Kier alpha value is -0.200. The largest absolute Gasteiger partial charge is 0.271 e. The van der Waals surface area contributed by atoms with Crippen LogP contribution >= 0.6 is 38.6 Å². The molecule has 2 aromatic heterocycles. The maximum Gasteiger partial charge on any atom is 0.0726 e. The zero-order valence-corrected chi connectivity index (χ0v) is 10.5. The smallest absolute Gasteiger partial charge is 0.0726 e. The van der Waals surface area contributed by atoms with Crippen molar-refractivity contribution in [2.45, 2.75) is 6.04 Å². The Kier molecular flexibility index (Phi) is 3.35. The number of rotatable bonds is 3. The highest BCUT2D eigenvalue weighted by atomic mass is 79.9. The fourth-order valence-electron chi connectivity index (χ4n) is 1.30. The van der Waals surface area contributed by atoms with Crippen LogP contribution in [0, 0.1) is 0 Å². The van der Waals surface area contributed by atoms with E-state index in [1.165, 1.54) is 11.1 Å². The van der Waals surface area contributed by atoms with Gasteiger partial charge in [-0.3, -0.25) is 5.84 Å². The number of hydrogen-bond acceptors (Lipinski definition) is 4. The third-order valence-electron chi connectivity index (χ3n) is 1.96. The van der Waals surface area contributed by atoms with Gasteiger partial charge in [-0.05, 0) is 55.3 Å².